The Hall–Kier alpha value is -2.30. The first kappa shape index (κ1) is 19.5. The molecule has 1 fully saturated rings. The second-order valence-electron chi connectivity index (χ2n) is 7.67. The molecule has 1 aliphatic rings. The fourth-order valence-electron chi connectivity index (χ4n) is 3.43. The molecule has 0 radical (unpaired) electrons. The lowest BCUT2D eigenvalue weighted by Crippen LogP contribution is -2.36. The third kappa shape index (κ3) is 4.52. The number of rotatable bonds is 9. The summed E-state index contributed by atoms with van der Waals surface area (Å²) in [7, 11) is 0. The highest BCUT2D eigenvalue weighted by atomic mass is 16.5. The predicted octanol–water partition coefficient (Wildman–Crippen LogP) is 4.58. The summed E-state index contributed by atoms with van der Waals surface area (Å²) in [6.45, 7) is 11.2. The molecule has 0 spiro atoms. The van der Waals surface area contributed by atoms with Crippen molar-refractivity contribution in [3.8, 4) is 11.3 Å². The van der Waals surface area contributed by atoms with Gasteiger partial charge < -0.3 is 14.3 Å². The summed E-state index contributed by atoms with van der Waals surface area (Å²) in [5, 5.41) is 4.40. The molecule has 1 aromatic carbocycles. The normalized spacial score (nSPS) is 13.8. The summed E-state index contributed by atoms with van der Waals surface area (Å²) in [6, 6.07) is 10.1. The van der Waals surface area contributed by atoms with Crippen LogP contribution in [0.25, 0.3) is 11.3 Å². The molecule has 1 aliphatic carbocycles. The lowest BCUT2D eigenvalue weighted by molar-refractivity contribution is -0.135. The van der Waals surface area contributed by atoms with Gasteiger partial charge >= 0.3 is 0 Å². The second kappa shape index (κ2) is 8.59. The van der Waals surface area contributed by atoms with Gasteiger partial charge in [0.25, 0.3) is 0 Å². The van der Waals surface area contributed by atoms with Gasteiger partial charge in [-0.15, -0.1) is 0 Å². The maximum absolute atomic E-state index is 12.9. The molecule has 2 aromatic rings. The Balaban J connectivity index is 1.99. The third-order valence-corrected chi connectivity index (χ3v) is 5.20. The number of hydrogen-bond donors (Lipinski definition) is 0. The van der Waals surface area contributed by atoms with E-state index >= 15 is 0 Å². The molecule has 0 saturated heterocycles. The maximum atomic E-state index is 12.9. The van der Waals surface area contributed by atoms with E-state index in [1.807, 2.05) is 49.1 Å². The van der Waals surface area contributed by atoms with Crippen LogP contribution >= 0.6 is 0 Å². The zero-order chi connectivity index (χ0) is 19.4. The number of amides is 1. The van der Waals surface area contributed by atoms with Crippen LogP contribution in [0.4, 0.5) is 5.88 Å². The summed E-state index contributed by atoms with van der Waals surface area (Å²) in [5.41, 5.74) is 2.88. The molecule has 27 heavy (non-hydrogen) atoms. The lowest BCUT2D eigenvalue weighted by Gasteiger charge is -2.26. The van der Waals surface area contributed by atoms with Crippen molar-refractivity contribution in [1.82, 2.24) is 10.1 Å². The first-order valence-corrected chi connectivity index (χ1v) is 10.1. The van der Waals surface area contributed by atoms with Crippen LogP contribution in [-0.4, -0.2) is 35.6 Å². The molecular weight excluding hydrogens is 338 g/mol. The molecule has 5 nitrogen and oxygen atoms in total. The highest BCUT2D eigenvalue weighted by molar-refractivity contribution is 5.79. The highest BCUT2D eigenvalue weighted by Crippen LogP contribution is 2.35. The minimum Gasteiger partial charge on any atom is -0.341 e. The molecule has 1 amide bonds. The Morgan fingerprint density at radius 3 is 2.41 bits per heavy atom. The first-order chi connectivity index (χ1) is 13.0. The van der Waals surface area contributed by atoms with E-state index in [4.69, 9.17) is 4.52 Å². The number of benzene rings is 1. The van der Waals surface area contributed by atoms with Crippen LogP contribution in [0.5, 0.6) is 0 Å². The fraction of sp³-hybridized carbons (Fsp3) is 0.545. The van der Waals surface area contributed by atoms with E-state index in [2.05, 4.69) is 23.9 Å². The van der Waals surface area contributed by atoms with Crippen molar-refractivity contribution >= 4 is 11.8 Å². The summed E-state index contributed by atoms with van der Waals surface area (Å²) < 4.78 is 5.79. The molecule has 0 atom stereocenters. The average Bonchev–Trinajstić information content (AvgIpc) is 3.41. The van der Waals surface area contributed by atoms with E-state index in [1.165, 1.54) is 12.8 Å². The minimum atomic E-state index is -0.0133. The zero-order valence-electron chi connectivity index (χ0n) is 16.9. The Morgan fingerprint density at radius 1 is 1.19 bits per heavy atom. The first-order valence-electron chi connectivity index (χ1n) is 10.1. The van der Waals surface area contributed by atoms with Crippen molar-refractivity contribution < 1.29 is 9.32 Å². The summed E-state index contributed by atoms with van der Waals surface area (Å²) in [4.78, 5) is 17.0. The molecular formula is C22H31N3O2. The SMILES string of the molecule is CCN(CC)c1onc(-c2ccccc2)c1CN(CC1CC1)C(=O)C(C)C. The largest absolute Gasteiger partial charge is 0.341 e. The van der Waals surface area contributed by atoms with Crippen LogP contribution in [0.3, 0.4) is 0 Å². The number of carbonyl (C=O) groups is 1. The van der Waals surface area contributed by atoms with Crippen LogP contribution in [0, 0.1) is 11.8 Å². The molecule has 1 heterocycles. The van der Waals surface area contributed by atoms with Crippen molar-refractivity contribution in [3.05, 3.63) is 35.9 Å². The smallest absolute Gasteiger partial charge is 0.232 e. The van der Waals surface area contributed by atoms with Crippen LogP contribution in [0.2, 0.25) is 0 Å². The molecule has 0 bridgehead atoms. The van der Waals surface area contributed by atoms with Gasteiger partial charge in [0.2, 0.25) is 11.8 Å². The average molecular weight is 370 g/mol. The van der Waals surface area contributed by atoms with Crippen molar-refractivity contribution in [2.75, 3.05) is 24.5 Å². The number of hydrogen-bond acceptors (Lipinski definition) is 4. The van der Waals surface area contributed by atoms with Crippen LogP contribution in [0.1, 0.15) is 46.1 Å². The standard InChI is InChI=1S/C22H31N3O2/c1-5-24(6-2)22-19(20(23-27-22)18-10-8-7-9-11-18)15-25(14-17-12-13-17)21(26)16(3)4/h7-11,16-17H,5-6,12-15H2,1-4H3. The van der Waals surface area contributed by atoms with Crippen LogP contribution < -0.4 is 4.90 Å². The molecule has 0 aliphatic heterocycles. The van der Waals surface area contributed by atoms with Gasteiger partial charge in [-0.2, -0.15) is 0 Å². The van der Waals surface area contributed by atoms with E-state index in [0.717, 1.165) is 42.3 Å². The van der Waals surface area contributed by atoms with Crippen molar-refractivity contribution in [2.24, 2.45) is 11.8 Å². The molecule has 1 saturated carbocycles. The summed E-state index contributed by atoms with van der Waals surface area (Å²) in [6.07, 6.45) is 2.44. The lowest BCUT2D eigenvalue weighted by atomic mass is 10.1. The molecule has 3 rings (SSSR count). The minimum absolute atomic E-state index is 0.0133. The molecule has 146 valence electrons. The van der Waals surface area contributed by atoms with Gasteiger partial charge in [-0.05, 0) is 32.6 Å². The van der Waals surface area contributed by atoms with E-state index in [0.29, 0.717) is 12.5 Å². The maximum Gasteiger partial charge on any atom is 0.232 e. The topological polar surface area (TPSA) is 49.6 Å². The monoisotopic (exact) mass is 369 g/mol. The van der Waals surface area contributed by atoms with Gasteiger partial charge in [-0.25, -0.2) is 0 Å². The fourth-order valence-corrected chi connectivity index (χ4v) is 3.43. The Kier molecular flexibility index (Phi) is 6.19. The third-order valence-electron chi connectivity index (χ3n) is 5.20. The second-order valence-corrected chi connectivity index (χ2v) is 7.67. The number of aromatic nitrogens is 1. The van der Waals surface area contributed by atoms with E-state index < -0.39 is 0 Å². The summed E-state index contributed by atoms with van der Waals surface area (Å²) in [5.74, 6) is 1.62. The number of anilines is 1. The van der Waals surface area contributed by atoms with Crippen LogP contribution in [-0.2, 0) is 11.3 Å². The van der Waals surface area contributed by atoms with Gasteiger partial charge in [0, 0.05) is 31.1 Å². The Labute approximate surface area is 162 Å². The number of carbonyl (C=O) groups excluding carboxylic acids is 1. The highest BCUT2D eigenvalue weighted by Gasteiger charge is 2.31. The number of nitrogens with zero attached hydrogens (tertiary/aromatic N) is 3. The van der Waals surface area contributed by atoms with Crippen molar-refractivity contribution in [1.29, 1.82) is 0 Å². The van der Waals surface area contributed by atoms with Gasteiger partial charge in [0.05, 0.1) is 12.1 Å². The van der Waals surface area contributed by atoms with Crippen molar-refractivity contribution in [3.63, 3.8) is 0 Å². The zero-order valence-corrected chi connectivity index (χ0v) is 16.9. The van der Waals surface area contributed by atoms with Gasteiger partial charge in [-0.1, -0.05) is 49.3 Å². The van der Waals surface area contributed by atoms with Gasteiger partial charge in [0.15, 0.2) is 0 Å². The van der Waals surface area contributed by atoms with Crippen LogP contribution in [0.15, 0.2) is 34.9 Å². The van der Waals surface area contributed by atoms with E-state index in [9.17, 15) is 4.79 Å². The molecule has 0 unspecified atom stereocenters. The van der Waals surface area contributed by atoms with E-state index in [1.54, 1.807) is 0 Å². The molecule has 0 N–H and O–H groups in total. The molecule has 5 heteroatoms. The quantitative estimate of drug-likeness (QED) is 0.649. The van der Waals surface area contributed by atoms with E-state index in [-0.39, 0.29) is 11.8 Å². The molecule has 1 aromatic heterocycles. The Morgan fingerprint density at radius 2 is 1.85 bits per heavy atom. The van der Waals surface area contributed by atoms with Gasteiger partial charge in [0.1, 0.15) is 5.69 Å². The predicted molar refractivity (Wildman–Crippen MR) is 108 cm³/mol. The van der Waals surface area contributed by atoms with Crippen molar-refractivity contribution in [2.45, 2.75) is 47.1 Å². The Bertz CT molecular complexity index is 746. The van der Waals surface area contributed by atoms with Gasteiger partial charge in [-0.3, -0.25) is 4.79 Å². The summed E-state index contributed by atoms with van der Waals surface area (Å²) >= 11 is 0.